The van der Waals surface area contributed by atoms with Gasteiger partial charge < -0.3 is 10.6 Å². The molecule has 146 valence electrons. The Morgan fingerprint density at radius 3 is 2.39 bits per heavy atom. The maximum atomic E-state index is 12.5. The zero-order valence-electron chi connectivity index (χ0n) is 15.8. The van der Waals surface area contributed by atoms with Crippen LogP contribution in [0.25, 0.3) is 0 Å². The number of nitrogens with one attached hydrogen (secondary N) is 2. The van der Waals surface area contributed by atoms with Gasteiger partial charge in [0.05, 0.1) is 11.1 Å². The quantitative estimate of drug-likeness (QED) is 0.660. The number of carbonyl (C=O) groups excluding carboxylic acids is 3. The largest absolute Gasteiger partial charge is 0.338 e. The molecule has 2 N–H and O–H groups in total. The van der Waals surface area contributed by atoms with Crippen molar-refractivity contribution < 1.29 is 14.4 Å². The topological polar surface area (TPSA) is 78.5 Å². The highest BCUT2D eigenvalue weighted by atomic mass is 79.9. The molecule has 1 heterocycles. The summed E-state index contributed by atoms with van der Waals surface area (Å²) in [5, 5.41) is 5.51. The van der Waals surface area contributed by atoms with Crippen LogP contribution in [0.15, 0.2) is 46.9 Å². The van der Waals surface area contributed by atoms with Crippen LogP contribution in [0, 0.1) is 5.92 Å². The molecule has 0 atom stereocenters. The van der Waals surface area contributed by atoms with Gasteiger partial charge in [-0.2, -0.15) is 0 Å². The molecule has 0 unspecified atom stereocenters. The number of benzene rings is 2. The van der Waals surface area contributed by atoms with E-state index in [-0.39, 0.29) is 23.8 Å². The zero-order chi connectivity index (χ0) is 20.3. The number of amides is 4. The van der Waals surface area contributed by atoms with Crippen molar-refractivity contribution in [3.63, 3.8) is 0 Å². The molecule has 0 radical (unpaired) electrons. The van der Waals surface area contributed by atoms with E-state index in [1.54, 1.807) is 18.2 Å². The third kappa shape index (κ3) is 4.59. The maximum absolute atomic E-state index is 12.5. The maximum Gasteiger partial charge on any atom is 0.319 e. The molecule has 2 aromatic rings. The second kappa shape index (κ2) is 8.56. The summed E-state index contributed by atoms with van der Waals surface area (Å²) < 4.78 is 1.01. The van der Waals surface area contributed by atoms with Crippen LogP contribution in [0.1, 0.15) is 40.1 Å². The lowest BCUT2D eigenvalue weighted by Crippen LogP contribution is -2.33. The summed E-state index contributed by atoms with van der Waals surface area (Å²) in [6, 6.07) is 12.3. The summed E-state index contributed by atoms with van der Waals surface area (Å²) in [4.78, 5) is 38.3. The normalized spacial score (nSPS) is 13.1. The van der Waals surface area contributed by atoms with Crippen molar-refractivity contribution in [1.29, 1.82) is 0 Å². The number of imide groups is 1. The molecular weight excluding hydrogens is 422 g/mol. The molecule has 1 aliphatic heterocycles. The predicted octanol–water partition coefficient (Wildman–Crippen LogP) is 4.07. The van der Waals surface area contributed by atoms with Gasteiger partial charge in [-0.05, 0) is 48.2 Å². The van der Waals surface area contributed by atoms with Gasteiger partial charge in [-0.25, -0.2) is 4.79 Å². The van der Waals surface area contributed by atoms with Crippen LogP contribution in [0.3, 0.4) is 0 Å². The Kier molecular flexibility index (Phi) is 6.14. The van der Waals surface area contributed by atoms with Gasteiger partial charge in [0.1, 0.15) is 0 Å². The first-order valence-corrected chi connectivity index (χ1v) is 9.94. The molecule has 0 saturated heterocycles. The number of rotatable bonds is 6. The number of hydrogen-bond donors (Lipinski definition) is 2. The van der Waals surface area contributed by atoms with Crippen molar-refractivity contribution in [2.45, 2.75) is 20.3 Å². The molecular formula is C21H22BrN3O3. The van der Waals surface area contributed by atoms with Gasteiger partial charge in [0.15, 0.2) is 0 Å². The second-order valence-electron chi connectivity index (χ2n) is 7.13. The van der Waals surface area contributed by atoms with E-state index in [1.807, 2.05) is 38.1 Å². The highest BCUT2D eigenvalue weighted by Crippen LogP contribution is 2.26. The summed E-state index contributed by atoms with van der Waals surface area (Å²) in [7, 11) is 0. The van der Waals surface area contributed by atoms with Crippen LogP contribution in [-0.2, 0) is 6.42 Å². The molecule has 3 rings (SSSR count). The zero-order valence-corrected chi connectivity index (χ0v) is 17.4. The SMILES string of the molecule is CC(C)CN1C(=O)c2ccc(NC(=O)NCCc3ccc(Br)cc3)cc2C1=O. The molecule has 0 spiro atoms. The van der Waals surface area contributed by atoms with Gasteiger partial charge in [-0.15, -0.1) is 0 Å². The fourth-order valence-corrected chi connectivity index (χ4v) is 3.31. The minimum Gasteiger partial charge on any atom is -0.338 e. The molecule has 4 amide bonds. The Balaban J connectivity index is 1.58. The van der Waals surface area contributed by atoms with Crippen LogP contribution in [0.5, 0.6) is 0 Å². The lowest BCUT2D eigenvalue weighted by molar-refractivity contribution is 0.0636. The molecule has 0 aromatic heterocycles. The Morgan fingerprint density at radius 2 is 1.71 bits per heavy atom. The standard InChI is InChI=1S/C21H22BrN3O3/c1-13(2)12-25-19(26)17-8-7-16(11-18(17)20(25)27)24-21(28)23-10-9-14-3-5-15(22)6-4-14/h3-8,11,13H,9-10,12H2,1-2H3,(H2,23,24,28). The number of urea groups is 1. The van der Waals surface area contributed by atoms with E-state index in [4.69, 9.17) is 0 Å². The Hall–Kier alpha value is -2.67. The van der Waals surface area contributed by atoms with E-state index in [9.17, 15) is 14.4 Å². The molecule has 0 bridgehead atoms. The highest BCUT2D eigenvalue weighted by molar-refractivity contribution is 9.10. The van der Waals surface area contributed by atoms with Gasteiger partial charge in [0.25, 0.3) is 11.8 Å². The van der Waals surface area contributed by atoms with E-state index in [0.29, 0.717) is 36.3 Å². The fourth-order valence-electron chi connectivity index (χ4n) is 3.05. The number of anilines is 1. The summed E-state index contributed by atoms with van der Waals surface area (Å²) in [6.07, 6.45) is 0.710. The van der Waals surface area contributed by atoms with E-state index >= 15 is 0 Å². The van der Waals surface area contributed by atoms with Gasteiger partial charge >= 0.3 is 6.03 Å². The number of carbonyl (C=O) groups is 3. The lowest BCUT2D eigenvalue weighted by atomic mass is 10.1. The number of fused-ring (bicyclic) bond motifs is 1. The molecule has 2 aromatic carbocycles. The van der Waals surface area contributed by atoms with Gasteiger partial charge in [0, 0.05) is 23.2 Å². The van der Waals surface area contributed by atoms with E-state index < -0.39 is 0 Å². The Bertz CT molecular complexity index is 910. The minimum absolute atomic E-state index is 0.191. The average molecular weight is 444 g/mol. The summed E-state index contributed by atoms with van der Waals surface area (Å²) in [5.74, 6) is -0.400. The van der Waals surface area contributed by atoms with Crippen molar-refractivity contribution in [2.75, 3.05) is 18.4 Å². The first kappa shape index (κ1) is 20.1. The van der Waals surface area contributed by atoms with Gasteiger partial charge in [-0.1, -0.05) is 41.9 Å². The van der Waals surface area contributed by atoms with E-state index in [1.165, 1.54) is 4.90 Å². The number of hydrogen-bond acceptors (Lipinski definition) is 3. The van der Waals surface area contributed by atoms with Crippen LogP contribution in [-0.4, -0.2) is 35.8 Å². The van der Waals surface area contributed by atoms with Crippen LogP contribution >= 0.6 is 15.9 Å². The molecule has 6 nitrogen and oxygen atoms in total. The second-order valence-corrected chi connectivity index (χ2v) is 8.05. The molecule has 7 heteroatoms. The smallest absolute Gasteiger partial charge is 0.319 e. The first-order chi connectivity index (χ1) is 13.3. The Morgan fingerprint density at radius 1 is 1.04 bits per heavy atom. The molecule has 0 aliphatic carbocycles. The summed E-state index contributed by atoms with van der Waals surface area (Å²) >= 11 is 3.39. The van der Waals surface area contributed by atoms with Crippen molar-refractivity contribution >= 4 is 39.5 Å². The van der Waals surface area contributed by atoms with E-state index in [2.05, 4.69) is 26.6 Å². The molecule has 0 fully saturated rings. The lowest BCUT2D eigenvalue weighted by Gasteiger charge is -2.15. The van der Waals surface area contributed by atoms with Crippen LogP contribution in [0.2, 0.25) is 0 Å². The van der Waals surface area contributed by atoms with Crippen molar-refractivity contribution in [2.24, 2.45) is 5.92 Å². The van der Waals surface area contributed by atoms with Crippen LogP contribution in [0.4, 0.5) is 10.5 Å². The summed E-state index contributed by atoms with van der Waals surface area (Å²) in [6.45, 7) is 4.77. The van der Waals surface area contributed by atoms with Crippen molar-refractivity contribution in [3.05, 3.63) is 63.6 Å². The van der Waals surface area contributed by atoms with Crippen molar-refractivity contribution in [1.82, 2.24) is 10.2 Å². The van der Waals surface area contributed by atoms with Gasteiger partial charge in [-0.3, -0.25) is 14.5 Å². The van der Waals surface area contributed by atoms with Crippen LogP contribution < -0.4 is 10.6 Å². The third-order valence-electron chi connectivity index (χ3n) is 4.39. The predicted molar refractivity (Wildman–Crippen MR) is 112 cm³/mol. The monoisotopic (exact) mass is 443 g/mol. The molecule has 1 aliphatic rings. The molecule has 28 heavy (non-hydrogen) atoms. The fraction of sp³-hybridized carbons (Fsp3) is 0.286. The number of nitrogens with zero attached hydrogens (tertiary/aromatic N) is 1. The minimum atomic E-state index is -0.354. The average Bonchev–Trinajstić information content (AvgIpc) is 2.87. The van der Waals surface area contributed by atoms with Gasteiger partial charge in [0.2, 0.25) is 0 Å². The van der Waals surface area contributed by atoms with Crippen molar-refractivity contribution in [3.8, 4) is 0 Å². The highest BCUT2D eigenvalue weighted by Gasteiger charge is 2.35. The first-order valence-electron chi connectivity index (χ1n) is 9.14. The summed E-state index contributed by atoms with van der Waals surface area (Å²) in [5.41, 5.74) is 2.31. The van der Waals surface area contributed by atoms with E-state index in [0.717, 1.165) is 10.0 Å². The molecule has 0 saturated carbocycles. The third-order valence-corrected chi connectivity index (χ3v) is 4.92. The Labute approximate surface area is 172 Å². The number of halogens is 1.